The normalized spacial score (nSPS) is 11.1. The highest BCUT2D eigenvalue weighted by molar-refractivity contribution is 5.82. The number of nitrogens with zero attached hydrogens (tertiary/aromatic N) is 2. The third kappa shape index (κ3) is 2.78. The van der Waals surface area contributed by atoms with E-state index >= 15 is 0 Å². The van der Waals surface area contributed by atoms with E-state index in [9.17, 15) is 32.1 Å². The van der Waals surface area contributed by atoms with Crippen molar-refractivity contribution < 1.29 is 26.9 Å². The monoisotopic (exact) mass is 316 g/mol. The fourth-order valence-electron chi connectivity index (χ4n) is 1.53. The Morgan fingerprint density at radius 3 is 1.77 bits per heavy atom. The fraction of sp³-hybridized carbons (Fsp3) is 0. The topological polar surface area (TPSA) is 55.5 Å². The molecule has 4 nitrogen and oxygen atoms in total. The molecule has 0 aliphatic heterocycles. The molecule has 0 amide bonds. The largest absolute Gasteiger partial charge is 0.269 e. The highest BCUT2D eigenvalue weighted by Crippen LogP contribution is 2.23. The van der Waals surface area contributed by atoms with Crippen LogP contribution >= 0.6 is 0 Å². The zero-order valence-electron chi connectivity index (χ0n) is 10.5. The van der Waals surface area contributed by atoms with Crippen LogP contribution in [0.5, 0.6) is 0 Å². The van der Waals surface area contributed by atoms with E-state index in [0.717, 1.165) is 24.3 Å². The second-order valence-electron chi connectivity index (χ2n) is 4.02. The molecule has 9 heteroatoms. The first-order chi connectivity index (χ1) is 10.3. The van der Waals surface area contributed by atoms with Gasteiger partial charge >= 0.3 is 0 Å². The number of nitro benzene ring substituents is 1. The van der Waals surface area contributed by atoms with Gasteiger partial charge in [-0.15, -0.1) is 0 Å². The summed E-state index contributed by atoms with van der Waals surface area (Å²) in [6.07, 6.45) is 0.456. The van der Waals surface area contributed by atoms with E-state index in [4.69, 9.17) is 0 Å². The van der Waals surface area contributed by atoms with Crippen molar-refractivity contribution in [1.82, 2.24) is 0 Å². The van der Waals surface area contributed by atoms with E-state index in [1.54, 1.807) is 0 Å². The van der Waals surface area contributed by atoms with Crippen molar-refractivity contribution in [2.45, 2.75) is 0 Å². The maximum atomic E-state index is 13.4. The van der Waals surface area contributed by atoms with E-state index in [2.05, 4.69) is 4.99 Å². The highest BCUT2D eigenvalue weighted by Gasteiger charge is 2.24. The van der Waals surface area contributed by atoms with Gasteiger partial charge in [0.15, 0.2) is 23.3 Å². The van der Waals surface area contributed by atoms with Gasteiger partial charge in [-0.2, -0.15) is 0 Å². The van der Waals surface area contributed by atoms with E-state index in [-0.39, 0.29) is 11.4 Å². The minimum atomic E-state index is -2.26. The van der Waals surface area contributed by atoms with Crippen molar-refractivity contribution >= 4 is 17.6 Å². The Balaban J connectivity index is 2.40. The quantitative estimate of drug-likeness (QED) is 0.214. The summed E-state index contributed by atoms with van der Waals surface area (Å²) >= 11 is 0. The summed E-state index contributed by atoms with van der Waals surface area (Å²) in [5.41, 5.74) is -1.40. The van der Waals surface area contributed by atoms with Gasteiger partial charge in [0.2, 0.25) is 5.82 Å². The number of hydrogen-bond donors (Lipinski definition) is 0. The lowest BCUT2D eigenvalue weighted by Crippen LogP contribution is -2.06. The summed E-state index contributed by atoms with van der Waals surface area (Å²) in [6, 6.07) is 4.46. The number of nitro groups is 1. The molecule has 0 aliphatic carbocycles. The average molecular weight is 316 g/mol. The van der Waals surface area contributed by atoms with Crippen LogP contribution < -0.4 is 0 Å². The predicted octanol–water partition coefficient (Wildman–Crippen LogP) is 4.04. The number of non-ortho nitro benzene ring substituents is 1. The molecule has 2 rings (SSSR count). The third-order valence-electron chi connectivity index (χ3n) is 2.65. The molecule has 22 heavy (non-hydrogen) atoms. The van der Waals surface area contributed by atoms with Crippen molar-refractivity contribution in [3.05, 3.63) is 69.0 Å². The molecule has 0 radical (unpaired) electrons. The summed E-state index contributed by atoms with van der Waals surface area (Å²) in [7, 11) is 0. The Kier molecular flexibility index (Phi) is 4.15. The van der Waals surface area contributed by atoms with Crippen LogP contribution in [0, 0.1) is 39.2 Å². The van der Waals surface area contributed by atoms with Crippen molar-refractivity contribution in [3.8, 4) is 0 Å². The second-order valence-corrected chi connectivity index (χ2v) is 4.02. The molecule has 0 atom stereocenters. The standard InChI is InChI=1S/C13H5F5N2O2/c14-9-8(10(15)12(17)13(18)11(9)16)5-19-6-1-3-7(4-2-6)20(21)22/h1-5H. The Bertz CT molecular complexity index is 746. The van der Waals surface area contributed by atoms with Crippen LogP contribution in [-0.2, 0) is 0 Å². The molecule has 0 bridgehead atoms. The maximum absolute atomic E-state index is 13.4. The van der Waals surface area contributed by atoms with Gasteiger partial charge in [0.1, 0.15) is 0 Å². The first-order valence-electron chi connectivity index (χ1n) is 5.63. The number of aliphatic imine (C=N–C) groups is 1. The SMILES string of the molecule is O=[N+]([O-])c1ccc(N=Cc2c(F)c(F)c(F)c(F)c2F)cc1. The second kappa shape index (κ2) is 5.88. The number of benzene rings is 2. The van der Waals surface area contributed by atoms with Crippen molar-refractivity contribution in [1.29, 1.82) is 0 Å². The number of halogens is 5. The zero-order valence-corrected chi connectivity index (χ0v) is 10.5. The Labute approximate surface area is 119 Å². The van der Waals surface area contributed by atoms with Gasteiger partial charge in [-0.3, -0.25) is 15.1 Å². The number of hydrogen-bond acceptors (Lipinski definition) is 3. The lowest BCUT2D eigenvalue weighted by Gasteiger charge is -2.03. The molecule has 114 valence electrons. The molecule has 0 aliphatic rings. The van der Waals surface area contributed by atoms with Gasteiger partial charge in [-0.1, -0.05) is 0 Å². The average Bonchev–Trinajstić information content (AvgIpc) is 2.51. The van der Waals surface area contributed by atoms with Gasteiger partial charge < -0.3 is 0 Å². The van der Waals surface area contributed by atoms with Crippen molar-refractivity contribution in [2.75, 3.05) is 0 Å². The summed E-state index contributed by atoms with van der Waals surface area (Å²) in [4.78, 5) is 13.3. The first kappa shape index (κ1) is 15.5. The molecule has 0 aromatic heterocycles. The Morgan fingerprint density at radius 2 is 1.32 bits per heavy atom. The van der Waals surface area contributed by atoms with E-state index in [1.807, 2.05) is 0 Å². The number of rotatable bonds is 3. The maximum Gasteiger partial charge on any atom is 0.269 e. The molecule has 2 aromatic carbocycles. The molecule has 0 fully saturated rings. The molecule has 0 N–H and O–H groups in total. The van der Waals surface area contributed by atoms with Crippen LogP contribution in [0.15, 0.2) is 29.3 Å². The lowest BCUT2D eigenvalue weighted by atomic mass is 10.2. The van der Waals surface area contributed by atoms with Crippen LogP contribution in [-0.4, -0.2) is 11.1 Å². The lowest BCUT2D eigenvalue weighted by molar-refractivity contribution is -0.384. The van der Waals surface area contributed by atoms with Crippen LogP contribution in [0.1, 0.15) is 5.56 Å². The molecular weight excluding hydrogens is 311 g/mol. The predicted molar refractivity (Wildman–Crippen MR) is 66.6 cm³/mol. The zero-order chi connectivity index (χ0) is 16.4. The molecule has 2 aromatic rings. The van der Waals surface area contributed by atoms with Gasteiger partial charge in [-0.05, 0) is 12.1 Å². The fourth-order valence-corrected chi connectivity index (χ4v) is 1.53. The smallest absolute Gasteiger partial charge is 0.258 e. The first-order valence-corrected chi connectivity index (χ1v) is 5.63. The minimum absolute atomic E-state index is 0.0366. The Morgan fingerprint density at radius 1 is 0.864 bits per heavy atom. The van der Waals surface area contributed by atoms with Crippen molar-refractivity contribution in [2.24, 2.45) is 4.99 Å². The third-order valence-corrected chi connectivity index (χ3v) is 2.65. The van der Waals surface area contributed by atoms with Crippen LogP contribution in [0.4, 0.5) is 33.3 Å². The van der Waals surface area contributed by atoms with E-state index < -0.39 is 39.6 Å². The molecule has 0 saturated carbocycles. The molecule has 0 saturated heterocycles. The van der Waals surface area contributed by atoms with E-state index in [1.165, 1.54) is 0 Å². The van der Waals surface area contributed by atoms with E-state index in [0.29, 0.717) is 6.21 Å². The van der Waals surface area contributed by atoms with Gasteiger partial charge in [0.05, 0.1) is 16.2 Å². The van der Waals surface area contributed by atoms with Gasteiger partial charge in [0.25, 0.3) is 5.69 Å². The summed E-state index contributed by atoms with van der Waals surface area (Å²) in [6.45, 7) is 0. The van der Waals surface area contributed by atoms with Crippen LogP contribution in [0.3, 0.4) is 0 Å². The molecular formula is C13H5F5N2O2. The van der Waals surface area contributed by atoms with Gasteiger partial charge in [0, 0.05) is 18.3 Å². The summed E-state index contributed by atoms with van der Waals surface area (Å²) < 4.78 is 65.5. The van der Waals surface area contributed by atoms with Gasteiger partial charge in [-0.25, -0.2) is 22.0 Å². The Hall–Kier alpha value is -2.84. The van der Waals surface area contributed by atoms with Crippen LogP contribution in [0.2, 0.25) is 0 Å². The summed E-state index contributed by atoms with van der Waals surface area (Å²) in [5.74, 6) is -10.4. The highest BCUT2D eigenvalue weighted by atomic mass is 19.2. The molecule has 0 unspecified atom stereocenters. The molecule has 0 heterocycles. The molecule has 0 spiro atoms. The minimum Gasteiger partial charge on any atom is -0.258 e. The van der Waals surface area contributed by atoms with Crippen LogP contribution in [0.25, 0.3) is 0 Å². The summed E-state index contributed by atoms with van der Waals surface area (Å²) in [5, 5.41) is 10.4. The van der Waals surface area contributed by atoms with Crippen molar-refractivity contribution in [3.63, 3.8) is 0 Å².